The van der Waals surface area contributed by atoms with Crippen LogP contribution in [0.3, 0.4) is 0 Å². The predicted molar refractivity (Wildman–Crippen MR) is 102 cm³/mol. The molecule has 2 fully saturated rings. The van der Waals surface area contributed by atoms with Gasteiger partial charge in [0.1, 0.15) is 0 Å². The lowest BCUT2D eigenvalue weighted by Crippen LogP contribution is -2.47. The zero-order chi connectivity index (χ0) is 17.3. The molecular formula is C21H31N3O. The predicted octanol–water partition coefficient (Wildman–Crippen LogP) is 2.94. The van der Waals surface area contributed by atoms with E-state index in [1.54, 1.807) is 18.2 Å². The molecule has 4 nitrogen and oxygen atoms in total. The van der Waals surface area contributed by atoms with Crippen molar-refractivity contribution in [2.45, 2.75) is 38.0 Å². The quantitative estimate of drug-likeness (QED) is 0.592. The summed E-state index contributed by atoms with van der Waals surface area (Å²) in [5.41, 5.74) is 3.58. The molecule has 2 saturated carbocycles. The average molecular weight is 341 g/mol. The number of hydrogen-bond acceptors (Lipinski definition) is 2. The van der Waals surface area contributed by atoms with Gasteiger partial charge in [0, 0.05) is 33.9 Å². The number of rotatable bonds is 7. The first-order valence-electron chi connectivity index (χ1n) is 9.78. The van der Waals surface area contributed by atoms with Crippen molar-refractivity contribution in [3.8, 4) is 0 Å². The van der Waals surface area contributed by atoms with E-state index in [9.17, 15) is 0 Å². The summed E-state index contributed by atoms with van der Waals surface area (Å²) in [4.78, 5) is 4.43. The second kappa shape index (κ2) is 6.99. The summed E-state index contributed by atoms with van der Waals surface area (Å²) in [6.07, 6.45) is 6.38. The normalized spacial score (nSPS) is 28.7. The summed E-state index contributed by atoms with van der Waals surface area (Å²) in [5, 5.41) is 7.15. The SMILES string of the molecule is CN=C(NCC1C2Cc3ccccc3C12)NCC1(CCOC)CCC1. The lowest BCUT2D eigenvalue weighted by atomic mass is 9.67. The van der Waals surface area contributed by atoms with Crippen LogP contribution in [0.5, 0.6) is 0 Å². The lowest BCUT2D eigenvalue weighted by Gasteiger charge is -2.42. The topological polar surface area (TPSA) is 45.7 Å². The van der Waals surface area contributed by atoms with E-state index in [4.69, 9.17) is 4.74 Å². The number of nitrogens with one attached hydrogen (secondary N) is 2. The molecule has 25 heavy (non-hydrogen) atoms. The fraction of sp³-hybridized carbons (Fsp3) is 0.667. The second-order valence-electron chi connectivity index (χ2n) is 8.16. The summed E-state index contributed by atoms with van der Waals surface area (Å²) in [6, 6.07) is 8.97. The van der Waals surface area contributed by atoms with Crippen molar-refractivity contribution >= 4 is 5.96 Å². The Morgan fingerprint density at radius 2 is 2.12 bits per heavy atom. The number of benzene rings is 1. The lowest BCUT2D eigenvalue weighted by molar-refractivity contribution is 0.0732. The molecule has 3 atom stereocenters. The number of methoxy groups -OCH3 is 1. The molecule has 0 bridgehead atoms. The van der Waals surface area contributed by atoms with E-state index in [2.05, 4.69) is 39.9 Å². The van der Waals surface area contributed by atoms with Crippen molar-refractivity contribution in [2.24, 2.45) is 22.2 Å². The molecule has 3 aliphatic rings. The molecule has 1 aromatic carbocycles. The van der Waals surface area contributed by atoms with Crippen LogP contribution < -0.4 is 10.6 Å². The third-order valence-corrected chi connectivity index (χ3v) is 6.81. The minimum absolute atomic E-state index is 0.419. The molecule has 0 spiro atoms. The van der Waals surface area contributed by atoms with Gasteiger partial charge in [-0.3, -0.25) is 4.99 Å². The number of fused-ring (bicyclic) bond motifs is 3. The van der Waals surface area contributed by atoms with Crippen LogP contribution in [-0.4, -0.2) is 39.8 Å². The van der Waals surface area contributed by atoms with Crippen LogP contribution in [0.25, 0.3) is 0 Å². The number of guanidine groups is 1. The van der Waals surface area contributed by atoms with Gasteiger partial charge in [-0.25, -0.2) is 0 Å². The van der Waals surface area contributed by atoms with E-state index >= 15 is 0 Å². The molecule has 3 aliphatic carbocycles. The Bertz CT molecular complexity index is 638. The monoisotopic (exact) mass is 341 g/mol. The summed E-state index contributed by atoms with van der Waals surface area (Å²) in [5.74, 6) is 3.37. The van der Waals surface area contributed by atoms with Gasteiger partial charge in [-0.15, -0.1) is 0 Å². The zero-order valence-electron chi connectivity index (χ0n) is 15.6. The van der Waals surface area contributed by atoms with E-state index in [0.29, 0.717) is 5.41 Å². The van der Waals surface area contributed by atoms with Crippen molar-refractivity contribution in [1.82, 2.24) is 10.6 Å². The van der Waals surface area contributed by atoms with Crippen molar-refractivity contribution in [3.05, 3.63) is 35.4 Å². The standard InChI is InChI=1S/C21H31N3O/c1-22-20(24-14-21(8-5-9-21)10-11-25-2)23-13-18-17-12-15-6-3-4-7-16(15)19(17)18/h3-4,6-7,17-19H,5,8-14H2,1-2H3,(H2,22,23,24). The fourth-order valence-electron chi connectivity index (χ4n) is 4.98. The summed E-state index contributed by atoms with van der Waals surface area (Å²) in [7, 11) is 3.67. The minimum Gasteiger partial charge on any atom is -0.385 e. The molecule has 0 amide bonds. The Labute approximate surface area is 151 Å². The summed E-state index contributed by atoms with van der Waals surface area (Å²) in [6.45, 7) is 2.91. The molecule has 0 aliphatic heterocycles. The molecule has 0 saturated heterocycles. The first-order valence-corrected chi connectivity index (χ1v) is 9.78. The largest absolute Gasteiger partial charge is 0.385 e. The van der Waals surface area contributed by atoms with Crippen LogP contribution in [-0.2, 0) is 11.2 Å². The Hall–Kier alpha value is -1.55. The van der Waals surface area contributed by atoms with Gasteiger partial charge in [0.15, 0.2) is 5.96 Å². The van der Waals surface area contributed by atoms with E-state index in [0.717, 1.165) is 49.8 Å². The van der Waals surface area contributed by atoms with Gasteiger partial charge in [0.05, 0.1) is 0 Å². The Kier molecular flexibility index (Phi) is 4.72. The third kappa shape index (κ3) is 3.29. The Morgan fingerprint density at radius 3 is 2.84 bits per heavy atom. The number of ether oxygens (including phenoxy) is 1. The molecule has 0 heterocycles. The molecule has 0 aromatic heterocycles. The first kappa shape index (κ1) is 16.9. The van der Waals surface area contributed by atoms with E-state index in [1.807, 2.05) is 7.05 Å². The molecule has 3 unspecified atom stereocenters. The summed E-state index contributed by atoms with van der Waals surface area (Å²) >= 11 is 0. The second-order valence-corrected chi connectivity index (χ2v) is 8.16. The molecule has 2 N–H and O–H groups in total. The molecule has 0 radical (unpaired) electrons. The van der Waals surface area contributed by atoms with E-state index in [-0.39, 0.29) is 0 Å². The number of hydrogen-bond donors (Lipinski definition) is 2. The van der Waals surface area contributed by atoms with Crippen molar-refractivity contribution in [2.75, 3.05) is 33.9 Å². The van der Waals surface area contributed by atoms with Crippen LogP contribution >= 0.6 is 0 Å². The van der Waals surface area contributed by atoms with Crippen molar-refractivity contribution in [3.63, 3.8) is 0 Å². The van der Waals surface area contributed by atoms with Crippen LogP contribution in [0, 0.1) is 17.3 Å². The van der Waals surface area contributed by atoms with Gasteiger partial charge < -0.3 is 15.4 Å². The number of nitrogens with zero attached hydrogens (tertiary/aromatic N) is 1. The van der Waals surface area contributed by atoms with Gasteiger partial charge in [0.25, 0.3) is 0 Å². The van der Waals surface area contributed by atoms with Gasteiger partial charge in [-0.05, 0) is 60.0 Å². The highest BCUT2D eigenvalue weighted by Gasteiger charge is 2.54. The minimum atomic E-state index is 0.419. The van der Waals surface area contributed by atoms with E-state index < -0.39 is 0 Å². The van der Waals surface area contributed by atoms with Crippen LogP contribution in [0.15, 0.2) is 29.3 Å². The highest BCUT2D eigenvalue weighted by atomic mass is 16.5. The average Bonchev–Trinajstić information content (AvgIpc) is 3.14. The highest BCUT2D eigenvalue weighted by molar-refractivity contribution is 5.79. The smallest absolute Gasteiger partial charge is 0.191 e. The maximum Gasteiger partial charge on any atom is 0.191 e. The summed E-state index contributed by atoms with van der Waals surface area (Å²) < 4.78 is 5.29. The molecule has 1 aromatic rings. The Balaban J connectivity index is 1.24. The van der Waals surface area contributed by atoms with Gasteiger partial charge in [-0.2, -0.15) is 0 Å². The first-order chi connectivity index (χ1) is 12.3. The highest BCUT2D eigenvalue weighted by Crippen LogP contribution is 2.60. The maximum atomic E-state index is 5.29. The molecule has 136 valence electrons. The fourth-order valence-corrected chi connectivity index (χ4v) is 4.98. The molecule has 4 rings (SSSR count). The van der Waals surface area contributed by atoms with Gasteiger partial charge >= 0.3 is 0 Å². The zero-order valence-corrected chi connectivity index (χ0v) is 15.6. The maximum absolute atomic E-state index is 5.29. The molecule has 4 heteroatoms. The van der Waals surface area contributed by atoms with Gasteiger partial charge in [0.2, 0.25) is 0 Å². The van der Waals surface area contributed by atoms with Crippen molar-refractivity contribution < 1.29 is 4.74 Å². The van der Waals surface area contributed by atoms with Crippen molar-refractivity contribution in [1.29, 1.82) is 0 Å². The van der Waals surface area contributed by atoms with Crippen LogP contribution in [0.1, 0.15) is 42.7 Å². The Morgan fingerprint density at radius 1 is 1.28 bits per heavy atom. The molecular weight excluding hydrogens is 310 g/mol. The van der Waals surface area contributed by atoms with Gasteiger partial charge in [-0.1, -0.05) is 30.7 Å². The van der Waals surface area contributed by atoms with Crippen LogP contribution in [0.2, 0.25) is 0 Å². The van der Waals surface area contributed by atoms with Crippen LogP contribution in [0.4, 0.5) is 0 Å². The third-order valence-electron chi connectivity index (χ3n) is 6.81. The number of aliphatic imine (C=N–C) groups is 1. The van der Waals surface area contributed by atoms with E-state index in [1.165, 1.54) is 25.7 Å².